The van der Waals surface area contributed by atoms with Gasteiger partial charge < -0.3 is 5.11 Å². The molecule has 0 saturated heterocycles. The van der Waals surface area contributed by atoms with Crippen molar-refractivity contribution >= 4 is 5.97 Å². The highest BCUT2D eigenvalue weighted by Gasteiger charge is 2.47. The van der Waals surface area contributed by atoms with Crippen LogP contribution in [0.2, 0.25) is 0 Å². The number of carbonyl (C=O) groups is 1. The molecule has 0 radical (unpaired) electrons. The van der Waals surface area contributed by atoms with Gasteiger partial charge in [-0.1, -0.05) is 32.6 Å². The first-order chi connectivity index (χ1) is 7.15. The first-order valence-corrected chi connectivity index (χ1v) is 6.38. The smallest absolute Gasteiger partial charge is 0.309 e. The van der Waals surface area contributed by atoms with Crippen LogP contribution in [0.25, 0.3) is 0 Å². The maximum Gasteiger partial charge on any atom is 0.309 e. The van der Waals surface area contributed by atoms with E-state index < -0.39 is 5.97 Å². The lowest BCUT2D eigenvalue weighted by atomic mass is 9.66. The summed E-state index contributed by atoms with van der Waals surface area (Å²) in [6.07, 6.45) is 8.87. The Kier molecular flexibility index (Phi) is 3.03. The van der Waals surface area contributed by atoms with Gasteiger partial charge in [0.25, 0.3) is 0 Å². The third kappa shape index (κ3) is 1.91. The van der Waals surface area contributed by atoms with Crippen molar-refractivity contribution in [2.45, 2.75) is 58.3 Å². The van der Waals surface area contributed by atoms with Crippen molar-refractivity contribution in [3.8, 4) is 0 Å². The number of aliphatic carboxylic acids is 1. The molecule has 0 aliphatic heterocycles. The zero-order chi connectivity index (χ0) is 10.9. The van der Waals surface area contributed by atoms with Crippen molar-refractivity contribution < 1.29 is 9.90 Å². The van der Waals surface area contributed by atoms with Crippen molar-refractivity contribution in [2.75, 3.05) is 0 Å². The summed E-state index contributed by atoms with van der Waals surface area (Å²) in [6.45, 7) is 2.29. The van der Waals surface area contributed by atoms with E-state index in [2.05, 4.69) is 6.92 Å². The lowest BCUT2D eigenvalue weighted by Crippen LogP contribution is -2.38. The molecule has 2 saturated carbocycles. The Morgan fingerprint density at radius 2 is 1.67 bits per heavy atom. The van der Waals surface area contributed by atoms with Crippen LogP contribution >= 0.6 is 0 Å². The maximum atomic E-state index is 11.5. The van der Waals surface area contributed by atoms with E-state index in [4.69, 9.17) is 0 Å². The van der Waals surface area contributed by atoms with Gasteiger partial charge in [0, 0.05) is 0 Å². The molecule has 0 spiro atoms. The molecule has 2 fully saturated rings. The van der Waals surface area contributed by atoms with Crippen molar-refractivity contribution in [2.24, 2.45) is 17.3 Å². The molecule has 0 aromatic heterocycles. The van der Waals surface area contributed by atoms with Gasteiger partial charge in [-0.3, -0.25) is 4.79 Å². The Balaban J connectivity index is 2.08. The Morgan fingerprint density at radius 3 is 2.13 bits per heavy atom. The minimum Gasteiger partial charge on any atom is -0.481 e. The second-order valence-corrected chi connectivity index (χ2v) is 5.63. The minimum absolute atomic E-state index is 0.333. The van der Waals surface area contributed by atoms with E-state index in [9.17, 15) is 9.90 Å². The molecular weight excluding hydrogens is 188 g/mol. The van der Waals surface area contributed by atoms with E-state index in [-0.39, 0.29) is 5.41 Å². The van der Waals surface area contributed by atoms with Gasteiger partial charge in [-0.05, 0) is 37.5 Å². The van der Waals surface area contributed by atoms with E-state index in [0.29, 0.717) is 5.92 Å². The molecule has 2 rings (SSSR count). The van der Waals surface area contributed by atoms with Crippen molar-refractivity contribution in [1.29, 1.82) is 0 Å². The summed E-state index contributed by atoms with van der Waals surface area (Å²) in [7, 11) is 0. The molecule has 0 unspecified atom stereocenters. The largest absolute Gasteiger partial charge is 0.481 e. The number of rotatable bonds is 2. The SMILES string of the molecule is CC1CCC(C2(C(=O)O)CCCC2)CC1. The highest BCUT2D eigenvalue weighted by atomic mass is 16.4. The summed E-state index contributed by atoms with van der Waals surface area (Å²) in [5.74, 6) is 0.766. The average Bonchev–Trinajstić information content (AvgIpc) is 2.69. The Labute approximate surface area is 92.1 Å². The molecular formula is C13H22O2. The lowest BCUT2D eigenvalue weighted by Gasteiger charge is -2.38. The predicted octanol–water partition coefficient (Wildman–Crippen LogP) is 3.46. The highest BCUT2D eigenvalue weighted by Crippen LogP contribution is 2.50. The van der Waals surface area contributed by atoms with E-state index in [0.717, 1.165) is 44.4 Å². The van der Waals surface area contributed by atoms with E-state index in [1.807, 2.05) is 0 Å². The van der Waals surface area contributed by atoms with Crippen LogP contribution in [0.1, 0.15) is 58.3 Å². The molecule has 15 heavy (non-hydrogen) atoms. The summed E-state index contributed by atoms with van der Waals surface area (Å²) in [5.41, 5.74) is -0.333. The van der Waals surface area contributed by atoms with Crippen LogP contribution < -0.4 is 0 Å². The third-order valence-corrected chi connectivity index (χ3v) is 4.72. The first-order valence-electron chi connectivity index (χ1n) is 6.38. The van der Waals surface area contributed by atoms with E-state index in [1.165, 1.54) is 12.8 Å². The molecule has 2 heteroatoms. The second-order valence-electron chi connectivity index (χ2n) is 5.63. The molecule has 0 heterocycles. The number of carboxylic acids is 1. The molecule has 2 aliphatic carbocycles. The van der Waals surface area contributed by atoms with Gasteiger partial charge in [-0.2, -0.15) is 0 Å². The van der Waals surface area contributed by atoms with Gasteiger partial charge in [0.1, 0.15) is 0 Å². The summed E-state index contributed by atoms with van der Waals surface area (Å²) < 4.78 is 0. The molecule has 0 aromatic rings. The van der Waals surface area contributed by atoms with Crippen molar-refractivity contribution in [1.82, 2.24) is 0 Å². The third-order valence-electron chi connectivity index (χ3n) is 4.72. The average molecular weight is 210 g/mol. The van der Waals surface area contributed by atoms with E-state index in [1.54, 1.807) is 0 Å². The minimum atomic E-state index is -0.514. The molecule has 0 atom stereocenters. The Morgan fingerprint density at radius 1 is 1.13 bits per heavy atom. The van der Waals surface area contributed by atoms with Gasteiger partial charge in [0.05, 0.1) is 5.41 Å². The van der Waals surface area contributed by atoms with Crippen LogP contribution in [-0.4, -0.2) is 11.1 Å². The fourth-order valence-corrected chi connectivity index (χ4v) is 3.62. The summed E-state index contributed by atoms with van der Waals surface area (Å²) >= 11 is 0. The van der Waals surface area contributed by atoms with Crippen LogP contribution in [0, 0.1) is 17.3 Å². The van der Waals surface area contributed by atoms with Gasteiger partial charge in [-0.15, -0.1) is 0 Å². The van der Waals surface area contributed by atoms with Gasteiger partial charge in [-0.25, -0.2) is 0 Å². The first kappa shape index (κ1) is 11.0. The molecule has 0 amide bonds. The summed E-state index contributed by atoms with van der Waals surface area (Å²) in [6, 6.07) is 0. The quantitative estimate of drug-likeness (QED) is 0.758. The molecule has 0 bridgehead atoms. The zero-order valence-electron chi connectivity index (χ0n) is 9.67. The molecule has 1 N–H and O–H groups in total. The topological polar surface area (TPSA) is 37.3 Å². The fraction of sp³-hybridized carbons (Fsp3) is 0.923. The highest BCUT2D eigenvalue weighted by molar-refractivity contribution is 5.75. The summed E-state index contributed by atoms with van der Waals surface area (Å²) in [4.78, 5) is 11.5. The van der Waals surface area contributed by atoms with Gasteiger partial charge in [0.2, 0.25) is 0 Å². The van der Waals surface area contributed by atoms with Crippen LogP contribution in [0.15, 0.2) is 0 Å². The molecule has 2 aliphatic rings. The maximum absolute atomic E-state index is 11.5. The van der Waals surface area contributed by atoms with Gasteiger partial charge in [0.15, 0.2) is 0 Å². The van der Waals surface area contributed by atoms with Gasteiger partial charge >= 0.3 is 5.97 Å². The normalized spacial score (nSPS) is 35.3. The second kappa shape index (κ2) is 4.15. The lowest BCUT2D eigenvalue weighted by molar-refractivity contribution is -0.153. The predicted molar refractivity (Wildman–Crippen MR) is 59.7 cm³/mol. The summed E-state index contributed by atoms with van der Waals surface area (Å²) in [5, 5.41) is 9.48. The molecule has 86 valence electrons. The van der Waals surface area contributed by atoms with Crippen molar-refractivity contribution in [3.05, 3.63) is 0 Å². The Bertz CT molecular complexity index is 233. The molecule has 2 nitrogen and oxygen atoms in total. The van der Waals surface area contributed by atoms with Crippen LogP contribution in [0.4, 0.5) is 0 Å². The van der Waals surface area contributed by atoms with Crippen LogP contribution in [-0.2, 0) is 4.79 Å². The molecule has 0 aromatic carbocycles. The standard InChI is InChI=1S/C13H22O2/c1-10-4-6-11(7-5-10)13(12(14)15)8-2-3-9-13/h10-11H,2-9H2,1H3,(H,14,15). The Hall–Kier alpha value is -0.530. The number of carboxylic acid groups (broad SMARTS) is 1. The van der Waals surface area contributed by atoms with E-state index >= 15 is 0 Å². The fourth-order valence-electron chi connectivity index (χ4n) is 3.62. The van der Waals surface area contributed by atoms with Crippen LogP contribution in [0.5, 0.6) is 0 Å². The zero-order valence-corrected chi connectivity index (χ0v) is 9.67. The monoisotopic (exact) mass is 210 g/mol. The number of hydrogen-bond donors (Lipinski definition) is 1. The van der Waals surface area contributed by atoms with Crippen LogP contribution in [0.3, 0.4) is 0 Å². The van der Waals surface area contributed by atoms with Crippen molar-refractivity contribution in [3.63, 3.8) is 0 Å². The number of hydrogen-bond acceptors (Lipinski definition) is 1.